The second-order valence-electron chi connectivity index (χ2n) is 6.67. The third kappa shape index (κ3) is 3.38. The predicted molar refractivity (Wildman–Crippen MR) is 97.4 cm³/mol. The average Bonchev–Trinajstić information content (AvgIpc) is 3.08. The summed E-state index contributed by atoms with van der Waals surface area (Å²) in [5.74, 6) is 1.75. The molecule has 4 rings (SSSR count). The highest BCUT2D eigenvalue weighted by molar-refractivity contribution is 5.57. The third-order valence-corrected chi connectivity index (χ3v) is 4.60. The van der Waals surface area contributed by atoms with Gasteiger partial charge in [0.25, 0.3) is 0 Å². The standard InChI is InChI=1S/C19H22N6/c1-14-11-21-25(12-14)17-4-3-9-24(13-17)18-10-15(2)22-19(23-18)16-5-7-20-8-6-16/h5-8,10-12,17H,3-4,9,13H2,1-2H3. The van der Waals surface area contributed by atoms with Crippen molar-refractivity contribution in [3.8, 4) is 11.4 Å². The molecule has 6 nitrogen and oxygen atoms in total. The first kappa shape index (κ1) is 15.7. The van der Waals surface area contributed by atoms with Gasteiger partial charge in [-0.3, -0.25) is 9.67 Å². The molecule has 1 atom stereocenters. The van der Waals surface area contributed by atoms with Crippen LogP contribution in [0.4, 0.5) is 5.82 Å². The summed E-state index contributed by atoms with van der Waals surface area (Å²) >= 11 is 0. The van der Waals surface area contributed by atoms with Gasteiger partial charge in [0, 0.05) is 49.0 Å². The quantitative estimate of drug-likeness (QED) is 0.736. The molecule has 1 aliphatic rings. The average molecular weight is 334 g/mol. The maximum atomic E-state index is 4.82. The minimum atomic E-state index is 0.391. The smallest absolute Gasteiger partial charge is 0.161 e. The minimum absolute atomic E-state index is 0.391. The molecule has 1 fully saturated rings. The molecule has 1 saturated heterocycles. The van der Waals surface area contributed by atoms with E-state index in [9.17, 15) is 0 Å². The van der Waals surface area contributed by atoms with Crippen molar-refractivity contribution in [2.45, 2.75) is 32.7 Å². The van der Waals surface area contributed by atoms with Gasteiger partial charge in [0.1, 0.15) is 5.82 Å². The van der Waals surface area contributed by atoms with E-state index in [1.165, 1.54) is 5.56 Å². The molecule has 0 amide bonds. The third-order valence-electron chi connectivity index (χ3n) is 4.60. The Labute approximate surface area is 147 Å². The van der Waals surface area contributed by atoms with Crippen molar-refractivity contribution >= 4 is 5.82 Å². The van der Waals surface area contributed by atoms with Crippen molar-refractivity contribution in [2.75, 3.05) is 18.0 Å². The van der Waals surface area contributed by atoms with Crippen LogP contribution < -0.4 is 4.90 Å². The first-order chi connectivity index (χ1) is 12.2. The molecule has 0 aromatic carbocycles. The van der Waals surface area contributed by atoms with Crippen LogP contribution in [0, 0.1) is 13.8 Å². The lowest BCUT2D eigenvalue weighted by Gasteiger charge is -2.34. The number of hydrogen-bond acceptors (Lipinski definition) is 5. The highest BCUT2D eigenvalue weighted by Gasteiger charge is 2.23. The molecular formula is C19H22N6. The number of anilines is 1. The molecule has 6 heteroatoms. The SMILES string of the molecule is Cc1cnn(C2CCCN(c3cc(C)nc(-c4ccncc4)n3)C2)c1. The molecule has 0 bridgehead atoms. The number of aryl methyl sites for hydroxylation is 2. The summed E-state index contributed by atoms with van der Waals surface area (Å²) in [5.41, 5.74) is 3.18. The Balaban J connectivity index is 1.61. The van der Waals surface area contributed by atoms with Crippen LogP contribution in [0.1, 0.15) is 30.1 Å². The lowest BCUT2D eigenvalue weighted by molar-refractivity contribution is 0.374. The Morgan fingerprint density at radius 1 is 1.12 bits per heavy atom. The lowest BCUT2D eigenvalue weighted by Crippen LogP contribution is -2.37. The zero-order valence-corrected chi connectivity index (χ0v) is 14.6. The molecule has 0 radical (unpaired) electrons. The summed E-state index contributed by atoms with van der Waals surface area (Å²) in [6.07, 6.45) is 9.89. The van der Waals surface area contributed by atoms with Crippen molar-refractivity contribution in [2.24, 2.45) is 0 Å². The maximum Gasteiger partial charge on any atom is 0.161 e. The second-order valence-corrected chi connectivity index (χ2v) is 6.67. The zero-order valence-electron chi connectivity index (χ0n) is 14.6. The van der Waals surface area contributed by atoms with Crippen LogP contribution in [0.2, 0.25) is 0 Å². The molecule has 128 valence electrons. The summed E-state index contributed by atoms with van der Waals surface area (Å²) < 4.78 is 2.10. The fourth-order valence-corrected chi connectivity index (χ4v) is 3.36. The molecule has 1 unspecified atom stereocenters. The fraction of sp³-hybridized carbons (Fsp3) is 0.368. The van der Waals surface area contributed by atoms with Crippen LogP contribution in [0.5, 0.6) is 0 Å². The van der Waals surface area contributed by atoms with Crippen molar-refractivity contribution < 1.29 is 0 Å². The molecule has 0 saturated carbocycles. The van der Waals surface area contributed by atoms with E-state index >= 15 is 0 Å². The molecule has 0 spiro atoms. The number of aromatic nitrogens is 5. The molecule has 25 heavy (non-hydrogen) atoms. The van der Waals surface area contributed by atoms with Crippen LogP contribution in [-0.2, 0) is 0 Å². The summed E-state index contributed by atoms with van der Waals surface area (Å²) in [7, 11) is 0. The van der Waals surface area contributed by atoms with Gasteiger partial charge in [0.2, 0.25) is 0 Å². The Morgan fingerprint density at radius 2 is 1.96 bits per heavy atom. The van der Waals surface area contributed by atoms with Crippen molar-refractivity contribution in [1.29, 1.82) is 0 Å². The van der Waals surface area contributed by atoms with Crippen LogP contribution in [0.3, 0.4) is 0 Å². The van der Waals surface area contributed by atoms with Gasteiger partial charge in [-0.1, -0.05) is 0 Å². The van der Waals surface area contributed by atoms with E-state index in [0.717, 1.165) is 48.8 Å². The van der Waals surface area contributed by atoms with Gasteiger partial charge in [0.15, 0.2) is 5.82 Å². The summed E-state index contributed by atoms with van der Waals surface area (Å²) in [5, 5.41) is 4.50. The number of hydrogen-bond donors (Lipinski definition) is 0. The molecule has 4 heterocycles. The van der Waals surface area contributed by atoms with Crippen LogP contribution in [0.15, 0.2) is 43.0 Å². The molecular weight excluding hydrogens is 312 g/mol. The normalized spacial score (nSPS) is 17.7. The van der Waals surface area contributed by atoms with Crippen molar-refractivity contribution in [1.82, 2.24) is 24.7 Å². The minimum Gasteiger partial charge on any atom is -0.354 e. The van der Waals surface area contributed by atoms with E-state index in [-0.39, 0.29) is 0 Å². The Bertz CT molecular complexity index is 857. The topological polar surface area (TPSA) is 59.7 Å². The Kier molecular flexibility index (Phi) is 4.17. The molecule has 0 aliphatic carbocycles. The molecule has 1 aliphatic heterocycles. The fourth-order valence-electron chi connectivity index (χ4n) is 3.36. The van der Waals surface area contributed by atoms with Crippen LogP contribution in [0.25, 0.3) is 11.4 Å². The number of nitrogens with zero attached hydrogens (tertiary/aromatic N) is 6. The van der Waals surface area contributed by atoms with Crippen LogP contribution >= 0.6 is 0 Å². The Morgan fingerprint density at radius 3 is 2.72 bits per heavy atom. The highest BCUT2D eigenvalue weighted by atomic mass is 15.3. The number of piperidine rings is 1. The highest BCUT2D eigenvalue weighted by Crippen LogP contribution is 2.26. The van der Waals surface area contributed by atoms with Crippen LogP contribution in [-0.4, -0.2) is 37.8 Å². The predicted octanol–water partition coefficient (Wildman–Crippen LogP) is 3.19. The largest absolute Gasteiger partial charge is 0.354 e. The molecule has 3 aromatic rings. The van der Waals surface area contributed by atoms with E-state index in [2.05, 4.69) is 43.8 Å². The van der Waals surface area contributed by atoms with Gasteiger partial charge in [-0.05, 0) is 44.4 Å². The summed E-state index contributed by atoms with van der Waals surface area (Å²) in [6, 6.07) is 6.36. The number of rotatable bonds is 3. The maximum absolute atomic E-state index is 4.82. The summed E-state index contributed by atoms with van der Waals surface area (Å²) in [6.45, 7) is 6.05. The van der Waals surface area contributed by atoms with E-state index in [4.69, 9.17) is 4.98 Å². The van der Waals surface area contributed by atoms with E-state index in [1.807, 2.05) is 25.3 Å². The van der Waals surface area contributed by atoms with E-state index in [0.29, 0.717) is 6.04 Å². The Hall–Kier alpha value is -2.76. The lowest BCUT2D eigenvalue weighted by atomic mass is 10.1. The monoisotopic (exact) mass is 334 g/mol. The van der Waals surface area contributed by atoms with Gasteiger partial charge in [-0.15, -0.1) is 0 Å². The first-order valence-corrected chi connectivity index (χ1v) is 8.71. The van der Waals surface area contributed by atoms with Gasteiger partial charge in [-0.25, -0.2) is 9.97 Å². The van der Waals surface area contributed by atoms with Gasteiger partial charge < -0.3 is 4.90 Å². The molecule has 0 N–H and O–H groups in total. The van der Waals surface area contributed by atoms with E-state index < -0.39 is 0 Å². The summed E-state index contributed by atoms with van der Waals surface area (Å²) in [4.78, 5) is 15.8. The first-order valence-electron chi connectivity index (χ1n) is 8.71. The van der Waals surface area contributed by atoms with Gasteiger partial charge >= 0.3 is 0 Å². The van der Waals surface area contributed by atoms with Gasteiger partial charge in [0.05, 0.1) is 12.2 Å². The zero-order chi connectivity index (χ0) is 17.2. The van der Waals surface area contributed by atoms with Gasteiger partial charge in [-0.2, -0.15) is 5.10 Å². The van der Waals surface area contributed by atoms with E-state index in [1.54, 1.807) is 12.4 Å². The van der Waals surface area contributed by atoms with Crippen molar-refractivity contribution in [3.63, 3.8) is 0 Å². The van der Waals surface area contributed by atoms with Crippen molar-refractivity contribution in [3.05, 3.63) is 54.2 Å². The molecule has 3 aromatic heterocycles. The second kappa shape index (κ2) is 6.63. The number of pyridine rings is 1.